The number of nitrogens with zero attached hydrogens (tertiary/aromatic N) is 2. The summed E-state index contributed by atoms with van der Waals surface area (Å²) in [6, 6.07) is 1.91. The first kappa shape index (κ1) is 12.4. The predicted octanol–water partition coefficient (Wildman–Crippen LogP) is 1.97. The minimum atomic E-state index is 0.0926. The quantitative estimate of drug-likeness (QED) is 0.815. The van der Waals surface area contributed by atoms with E-state index < -0.39 is 0 Å². The molecule has 1 aromatic rings. The Balaban J connectivity index is 1.58. The Morgan fingerprint density at radius 2 is 1.95 bits per heavy atom. The summed E-state index contributed by atoms with van der Waals surface area (Å²) in [5, 5.41) is 0. The lowest BCUT2D eigenvalue weighted by Gasteiger charge is -2.20. The van der Waals surface area contributed by atoms with Gasteiger partial charge in [0.2, 0.25) is 11.9 Å². The first-order chi connectivity index (χ1) is 9.11. The molecule has 2 N–H and O–H groups in total. The summed E-state index contributed by atoms with van der Waals surface area (Å²) in [6.45, 7) is 3.83. The molecule has 0 aliphatic heterocycles. The highest BCUT2D eigenvalue weighted by Crippen LogP contribution is 2.48. The molecule has 2 saturated carbocycles. The summed E-state index contributed by atoms with van der Waals surface area (Å²) in [7, 11) is 0. The molecule has 3 atom stereocenters. The van der Waals surface area contributed by atoms with Crippen molar-refractivity contribution in [3.8, 4) is 0 Å². The number of hydrogen-bond acceptors (Lipinski definition) is 4. The summed E-state index contributed by atoms with van der Waals surface area (Å²) < 4.78 is 0. The summed E-state index contributed by atoms with van der Waals surface area (Å²) in [5.74, 6) is 2.10. The number of amides is 1. The van der Waals surface area contributed by atoms with Crippen molar-refractivity contribution in [1.29, 1.82) is 0 Å². The van der Waals surface area contributed by atoms with Gasteiger partial charge in [-0.05, 0) is 51.0 Å². The molecule has 102 valence electrons. The van der Waals surface area contributed by atoms with Crippen LogP contribution in [-0.4, -0.2) is 15.9 Å². The predicted molar refractivity (Wildman–Crippen MR) is 72.2 cm³/mol. The Kier molecular flexibility index (Phi) is 3.12. The highest BCUT2D eigenvalue weighted by atomic mass is 16.2. The van der Waals surface area contributed by atoms with Gasteiger partial charge in [0.1, 0.15) is 0 Å². The molecule has 0 spiro atoms. The van der Waals surface area contributed by atoms with Crippen LogP contribution in [-0.2, 0) is 4.79 Å². The average Bonchev–Trinajstić information content (AvgIpc) is 2.97. The van der Waals surface area contributed by atoms with E-state index in [1.165, 1.54) is 19.3 Å². The smallest absolute Gasteiger partial charge is 0.242 e. The summed E-state index contributed by atoms with van der Waals surface area (Å²) in [6.07, 6.45) is 4.80. The van der Waals surface area contributed by atoms with Crippen LogP contribution in [0.3, 0.4) is 0 Å². The van der Waals surface area contributed by atoms with Crippen molar-refractivity contribution in [2.45, 2.75) is 39.5 Å². The number of aromatic nitrogens is 2. The fraction of sp³-hybridized carbons (Fsp3) is 0.643. The van der Waals surface area contributed by atoms with Crippen LogP contribution in [0.4, 0.5) is 5.95 Å². The molecule has 3 rings (SSSR count). The minimum Gasteiger partial charge on any atom is -0.273 e. The second-order valence-corrected chi connectivity index (χ2v) is 5.87. The van der Waals surface area contributed by atoms with Crippen molar-refractivity contribution in [2.75, 3.05) is 5.43 Å². The molecule has 1 heterocycles. The second-order valence-electron chi connectivity index (χ2n) is 5.87. The van der Waals surface area contributed by atoms with Crippen LogP contribution < -0.4 is 10.9 Å². The van der Waals surface area contributed by atoms with Gasteiger partial charge in [-0.2, -0.15) is 0 Å². The molecule has 1 amide bonds. The lowest BCUT2D eigenvalue weighted by atomic mass is 9.88. The summed E-state index contributed by atoms with van der Waals surface area (Å²) >= 11 is 0. The molecule has 2 aliphatic carbocycles. The minimum absolute atomic E-state index is 0.0926. The van der Waals surface area contributed by atoms with Crippen LogP contribution in [0.25, 0.3) is 0 Å². The van der Waals surface area contributed by atoms with Gasteiger partial charge in [-0.1, -0.05) is 6.42 Å². The Morgan fingerprint density at radius 3 is 2.53 bits per heavy atom. The Bertz CT molecular complexity index is 482. The number of hydrogen-bond donors (Lipinski definition) is 2. The van der Waals surface area contributed by atoms with E-state index in [1.54, 1.807) is 0 Å². The van der Waals surface area contributed by atoms with Gasteiger partial charge in [-0.25, -0.2) is 9.97 Å². The van der Waals surface area contributed by atoms with E-state index in [-0.39, 0.29) is 11.8 Å². The van der Waals surface area contributed by atoms with Crippen LogP contribution in [0.15, 0.2) is 6.07 Å². The third-order valence-corrected chi connectivity index (χ3v) is 4.35. The van der Waals surface area contributed by atoms with Crippen molar-refractivity contribution in [1.82, 2.24) is 15.4 Å². The number of nitrogens with one attached hydrogen (secondary N) is 2. The highest BCUT2D eigenvalue weighted by Gasteiger charge is 2.43. The van der Waals surface area contributed by atoms with E-state index in [4.69, 9.17) is 0 Å². The zero-order valence-corrected chi connectivity index (χ0v) is 11.4. The molecule has 0 unspecified atom stereocenters. The molecule has 19 heavy (non-hydrogen) atoms. The molecule has 5 nitrogen and oxygen atoms in total. The van der Waals surface area contributed by atoms with E-state index in [9.17, 15) is 4.79 Å². The topological polar surface area (TPSA) is 66.9 Å². The fourth-order valence-corrected chi connectivity index (χ4v) is 3.56. The second kappa shape index (κ2) is 4.79. The van der Waals surface area contributed by atoms with Crippen LogP contribution in [0.2, 0.25) is 0 Å². The number of carbonyl (C=O) groups is 1. The Hall–Kier alpha value is -1.65. The fourth-order valence-electron chi connectivity index (χ4n) is 3.56. The zero-order valence-electron chi connectivity index (χ0n) is 11.4. The lowest BCUT2D eigenvalue weighted by molar-refractivity contribution is -0.126. The molecule has 0 radical (unpaired) electrons. The Morgan fingerprint density at radius 1 is 1.21 bits per heavy atom. The van der Waals surface area contributed by atoms with Crippen LogP contribution in [0.1, 0.15) is 37.1 Å². The van der Waals surface area contributed by atoms with E-state index in [0.717, 1.165) is 23.7 Å². The van der Waals surface area contributed by atoms with E-state index in [0.29, 0.717) is 11.9 Å². The van der Waals surface area contributed by atoms with Gasteiger partial charge in [0, 0.05) is 17.3 Å². The van der Waals surface area contributed by atoms with Gasteiger partial charge >= 0.3 is 0 Å². The van der Waals surface area contributed by atoms with Gasteiger partial charge in [0.25, 0.3) is 0 Å². The van der Waals surface area contributed by atoms with Gasteiger partial charge in [-0.3, -0.25) is 15.6 Å². The number of fused-ring (bicyclic) bond motifs is 2. The molecule has 0 saturated heterocycles. The van der Waals surface area contributed by atoms with E-state index >= 15 is 0 Å². The molecule has 2 fully saturated rings. The molecule has 0 aromatic carbocycles. The lowest BCUT2D eigenvalue weighted by Crippen LogP contribution is -2.37. The maximum absolute atomic E-state index is 12.1. The number of carbonyl (C=O) groups excluding carboxylic acids is 1. The maximum atomic E-state index is 12.1. The SMILES string of the molecule is Cc1cc(C)nc(NNC(=O)[C@@H]2C[C@H]3CC[C@H]2C3)n1. The third kappa shape index (κ3) is 2.55. The molecule has 2 aliphatic rings. The maximum Gasteiger partial charge on any atom is 0.242 e. The first-order valence-corrected chi connectivity index (χ1v) is 7.00. The molecular weight excluding hydrogens is 240 g/mol. The summed E-state index contributed by atoms with van der Waals surface area (Å²) in [4.78, 5) is 20.6. The number of rotatable bonds is 3. The number of aryl methyl sites for hydroxylation is 2. The van der Waals surface area contributed by atoms with Gasteiger partial charge in [-0.15, -0.1) is 0 Å². The van der Waals surface area contributed by atoms with Crippen molar-refractivity contribution in [3.63, 3.8) is 0 Å². The van der Waals surface area contributed by atoms with Gasteiger partial charge < -0.3 is 0 Å². The van der Waals surface area contributed by atoms with Gasteiger partial charge in [0.15, 0.2) is 0 Å². The third-order valence-electron chi connectivity index (χ3n) is 4.35. The van der Waals surface area contributed by atoms with Crippen molar-refractivity contribution < 1.29 is 4.79 Å². The van der Waals surface area contributed by atoms with Crippen LogP contribution in [0.5, 0.6) is 0 Å². The van der Waals surface area contributed by atoms with Gasteiger partial charge in [0.05, 0.1) is 0 Å². The first-order valence-electron chi connectivity index (χ1n) is 7.00. The Labute approximate surface area is 113 Å². The van der Waals surface area contributed by atoms with Crippen LogP contribution in [0, 0.1) is 31.6 Å². The van der Waals surface area contributed by atoms with Crippen molar-refractivity contribution in [2.24, 2.45) is 17.8 Å². The highest BCUT2D eigenvalue weighted by molar-refractivity contribution is 5.80. The molecular formula is C14H20N4O. The largest absolute Gasteiger partial charge is 0.273 e. The monoisotopic (exact) mass is 260 g/mol. The van der Waals surface area contributed by atoms with E-state index in [1.807, 2.05) is 19.9 Å². The van der Waals surface area contributed by atoms with E-state index in [2.05, 4.69) is 20.8 Å². The van der Waals surface area contributed by atoms with Crippen molar-refractivity contribution in [3.05, 3.63) is 17.5 Å². The molecule has 1 aromatic heterocycles. The summed E-state index contributed by atoms with van der Waals surface area (Å²) in [5.41, 5.74) is 7.39. The number of hydrazine groups is 1. The zero-order chi connectivity index (χ0) is 13.4. The average molecular weight is 260 g/mol. The molecule has 2 bridgehead atoms. The molecule has 5 heteroatoms. The number of anilines is 1. The standard InChI is InChI=1S/C14H20N4O/c1-8-5-9(2)16-14(15-8)18-17-13(19)12-7-10-3-4-11(12)6-10/h5,10-12H,3-4,6-7H2,1-2H3,(H,17,19)(H,15,16,18)/t10-,11-,12+/m0/s1. The van der Waals surface area contributed by atoms with Crippen LogP contribution >= 0.6 is 0 Å². The normalized spacial score (nSPS) is 28.4. The van der Waals surface area contributed by atoms with Crippen molar-refractivity contribution >= 4 is 11.9 Å².